The van der Waals surface area contributed by atoms with E-state index < -0.39 is 72.2 Å². The first-order valence-electron chi connectivity index (χ1n) is 16.2. The summed E-state index contributed by atoms with van der Waals surface area (Å²) >= 11 is 0. The van der Waals surface area contributed by atoms with E-state index in [9.17, 15) is 33.9 Å². The van der Waals surface area contributed by atoms with E-state index in [0.29, 0.717) is 0 Å². The number of likely N-dealkylation sites (tertiary alicyclic amines) is 1. The second-order valence-corrected chi connectivity index (χ2v) is 12.4. The molecule has 4 atom stereocenters. The molecule has 5 amide bonds. The van der Waals surface area contributed by atoms with Crippen molar-refractivity contribution in [2.24, 2.45) is 17.8 Å². The van der Waals surface area contributed by atoms with Crippen LogP contribution >= 0.6 is 0 Å². The number of carbonyl (C=O) groups is 6. The average Bonchev–Trinajstić information content (AvgIpc) is 3.52. The summed E-state index contributed by atoms with van der Waals surface area (Å²) in [5.41, 5.74) is 0.831. The van der Waals surface area contributed by atoms with Gasteiger partial charge in [0, 0.05) is 25.5 Å². The number of carboxylic acid groups (broad SMARTS) is 1. The highest BCUT2D eigenvalue weighted by Crippen LogP contribution is 2.27. The van der Waals surface area contributed by atoms with Gasteiger partial charge in [0.25, 0.3) is 5.91 Å². The Bertz CT molecular complexity index is 1440. The summed E-state index contributed by atoms with van der Waals surface area (Å²) in [7, 11) is 0. The molecule has 0 bridgehead atoms. The van der Waals surface area contributed by atoms with Gasteiger partial charge in [-0.3, -0.25) is 29.0 Å². The number of benzene rings is 1. The standard InChI is InChI=1S/C33H43N7O8/c1-20(2)27(38-31(44)28(22-11-7-4-8-12-22)39-29(42)24-15-34-13-14-35-24)30(43)37-25-18-40(17-23(25)32(45)46)26(41)16-36-33(47)48-19-21-9-5-3-6-10-21/h3,5-6,9-10,13-15,20,22-23,25,27-28H,4,7-8,11-12,16-19H2,1-2H3,(H,36,47)(H,37,43)(H,38,44)(H,39,42)(H,45,46)/t23-,25+,27+,28+/m1/s1. The van der Waals surface area contributed by atoms with E-state index in [1.54, 1.807) is 38.1 Å². The number of rotatable bonds is 13. The largest absolute Gasteiger partial charge is 0.481 e. The van der Waals surface area contributed by atoms with Gasteiger partial charge in [-0.2, -0.15) is 0 Å². The summed E-state index contributed by atoms with van der Waals surface area (Å²) < 4.78 is 5.12. The van der Waals surface area contributed by atoms with Crippen LogP contribution in [0.25, 0.3) is 0 Å². The summed E-state index contributed by atoms with van der Waals surface area (Å²) in [5.74, 6) is -5.12. The minimum absolute atomic E-state index is 0.0167. The van der Waals surface area contributed by atoms with E-state index in [1.165, 1.54) is 23.5 Å². The molecule has 0 unspecified atom stereocenters. The fraction of sp³-hybridized carbons (Fsp3) is 0.515. The monoisotopic (exact) mass is 665 g/mol. The maximum absolute atomic E-state index is 13.7. The van der Waals surface area contributed by atoms with Crippen molar-refractivity contribution in [2.45, 2.75) is 70.7 Å². The second-order valence-electron chi connectivity index (χ2n) is 12.4. The molecule has 1 saturated carbocycles. The Balaban J connectivity index is 1.36. The Morgan fingerprint density at radius 3 is 2.33 bits per heavy atom. The van der Waals surface area contributed by atoms with Gasteiger partial charge in [-0.15, -0.1) is 0 Å². The first-order chi connectivity index (χ1) is 23.0. The molecule has 258 valence electrons. The molecule has 1 aromatic heterocycles. The Hall–Kier alpha value is -5.08. The maximum Gasteiger partial charge on any atom is 0.407 e. The SMILES string of the molecule is CC(C)[C@H](NC(=O)[C@@H](NC(=O)c1cnccn1)C1CCCCC1)C(=O)N[C@H]1CN(C(=O)CNC(=O)OCc2ccccc2)C[C@H]1C(=O)O. The van der Waals surface area contributed by atoms with Gasteiger partial charge in [0.2, 0.25) is 17.7 Å². The number of alkyl carbamates (subject to hydrolysis) is 1. The van der Waals surface area contributed by atoms with Crippen LogP contribution < -0.4 is 21.3 Å². The van der Waals surface area contributed by atoms with Gasteiger partial charge < -0.3 is 36.0 Å². The van der Waals surface area contributed by atoms with Crippen molar-refractivity contribution in [3.63, 3.8) is 0 Å². The van der Waals surface area contributed by atoms with E-state index in [1.807, 2.05) is 6.07 Å². The van der Waals surface area contributed by atoms with Crippen LogP contribution in [-0.4, -0.2) is 93.4 Å². The summed E-state index contributed by atoms with van der Waals surface area (Å²) in [5, 5.41) is 20.6. The first kappa shape index (κ1) is 35.8. The van der Waals surface area contributed by atoms with E-state index in [0.717, 1.165) is 37.7 Å². The Kier molecular flexibility index (Phi) is 12.8. The van der Waals surface area contributed by atoms with Crippen molar-refractivity contribution in [1.29, 1.82) is 0 Å². The molecule has 2 aliphatic rings. The number of hydrogen-bond donors (Lipinski definition) is 5. The second kappa shape index (κ2) is 17.2. The molecule has 5 N–H and O–H groups in total. The van der Waals surface area contributed by atoms with Gasteiger partial charge in [-0.25, -0.2) is 9.78 Å². The average molecular weight is 666 g/mol. The summed E-state index contributed by atoms with van der Waals surface area (Å²) in [6.45, 7) is 2.77. The number of aromatic nitrogens is 2. The lowest BCUT2D eigenvalue weighted by Gasteiger charge is -2.32. The van der Waals surface area contributed by atoms with Gasteiger partial charge >= 0.3 is 12.1 Å². The summed E-state index contributed by atoms with van der Waals surface area (Å²) in [6, 6.07) is 6.07. The van der Waals surface area contributed by atoms with Crippen LogP contribution in [0, 0.1) is 17.8 Å². The molecule has 15 nitrogen and oxygen atoms in total. The van der Waals surface area contributed by atoms with Crippen molar-refractivity contribution >= 4 is 35.7 Å². The molecular weight excluding hydrogens is 622 g/mol. The van der Waals surface area contributed by atoms with E-state index in [-0.39, 0.29) is 31.3 Å². The molecule has 15 heteroatoms. The lowest BCUT2D eigenvalue weighted by atomic mass is 9.83. The number of amides is 5. The predicted molar refractivity (Wildman–Crippen MR) is 171 cm³/mol. The molecule has 0 spiro atoms. The quantitative estimate of drug-likeness (QED) is 0.207. The van der Waals surface area contributed by atoms with Crippen LogP contribution in [0.5, 0.6) is 0 Å². The van der Waals surface area contributed by atoms with Gasteiger partial charge in [0.05, 0.1) is 18.2 Å². The fourth-order valence-corrected chi connectivity index (χ4v) is 5.98. The third kappa shape index (κ3) is 9.96. The smallest absolute Gasteiger partial charge is 0.407 e. The molecule has 48 heavy (non-hydrogen) atoms. The molecule has 1 aliphatic carbocycles. The zero-order valence-electron chi connectivity index (χ0n) is 27.1. The third-order valence-corrected chi connectivity index (χ3v) is 8.65. The van der Waals surface area contributed by atoms with Gasteiger partial charge in [0.15, 0.2) is 0 Å². The molecule has 1 aliphatic heterocycles. The van der Waals surface area contributed by atoms with Crippen LogP contribution in [0.2, 0.25) is 0 Å². The van der Waals surface area contributed by atoms with Gasteiger partial charge in [0.1, 0.15) is 30.9 Å². The van der Waals surface area contributed by atoms with Crippen molar-refractivity contribution in [3.05, 3.63) is 60.2 Å². The first-order valence-corrected chi connectivity index (χ1v) is 16.2. The van der Waals surface area contributed by atoms with Crippen LogP contribution in [-0.2, 0) is 30.5 Å². The van der Waals surface area contributed by atoms with Gasteiger partial charge in [-0.1, -0.05) is 63.4 Å². The number of carbonyl (C=O) groups excluding carboxylic acids is 5. The summed E-state index contributed by atoms with van der Waals surface area (Å²) in [6.07, 6.45) is 7.60. The molecule has 1 saturated heterocycles. The highest BCUT2D eigenvalue weighted by atomic mass is 16.5. The van der Waals surface area contributed by atoms with Crippen molar-refractivity contribution < 1.29 is 38.6 Å². The molecule has 2 fully saturated rings. The zero-order chi connectivity index (χ0) is 34.6. The number of nitrogens with zero attached hydrogens (tertiary/aromatic N) is 3. The molecule has 2 aromatic rings. The van der Waals surface area contributed by atoms with E-state index >= 15 is 0 Å². The number of carboxylic acids is 1. The van der Waals surface area contributed by atoms with Crippen LogP contribution in [0.15, 0.2) is 48.9 Å². The topological polar surface area (TPSA) is 209 Å². The maximum atomic E-state index is 13.7. The van der Waals surface area contributed by atoms with Crippen LogP contribution in [0.3, 0.4) is 0 Å². The normalized spacial score (nSPS) is 19.1. The highest BCUT2D eigenvalue weighted by Gasteiger charge is 2.42. The number of nitrogens with one attached hydrogen (secondary N) is 4. The highest BCUT2D eigenvalue weighted by molar-refractivity contribution is 5.97. The molecule has 1 aromatic carbocycles. The molecule has 4 rings (SSSR count). The fourth-order valence-electron chi connectivity index (χ4n) is 5.98. The lowest BCUT2D eigenvalue weighted by Crippen LogP contribution is -2.59. The number of hydrogen-bond acceptors (Lipinski definition) is 9. The van der Waals surface area contributed by atoms with Crippen molar-refractivity contribution in [3.8, 4) is 0 Å². The Morgan fingerprint density at radius 1 is 0.958 bits per heavy atom. The number of ether oxygens (including phenoxy) is 1. The Labute approximate surface area is 278 Å². The molecule has 2 heterocycles. The lowest BCUT2D eigenvalue weighted by molar-refractivity contribution is -0.142. The predicted octanol–water partition coefficient (Wildman–Crippen LogP) is 1.25. The van der Waals surface area contributed by atoms with Crippen molar-refractivity contribution in [2.75, 3.05) is 19.6 Å². The van der Waals surface area contributed by atoms with Crippen LogP contribution in [0.1, 0.15) is 62.0 Å². The minimum atomic E-state index is -1.21. The van der Waals surface area contributed by atoms with E-state index in [4.69, 9.17) is 4.74 Å². The third-order valence-electron chi connectivity index (χ3n) is 8.65. The van der Waals surface area contributed by atoms with Crippen LogP contribution in [0.4, 0.5) is 4.79 Å². The van der Waals surface area contributed by atoms with Crippen molar-refractivity contribution in [1.82, 2.24) is 36.1 Å². The van der Waals surface area contributed by atoms with Gasteiger partial charge in [-0.05, 0) is 30.2 Å². The zero-order valence-corrected chi connectivity index (χ0v) is 27.1. The number of aliphatic carboxylic acids is 1. The van der Waals surface area contributed by atoms with E-state index in [2.05, 4.69) is 31.2 Å². The Morgan fingerprint density at radius 2 is 1.69 bits per heavy atom. The minimum Gasteiger partial charge on any atom is -0.481 e. The molecular formula is C33H43N7O8. The molecule has 0 radical (unpaired) electrons. The summed E-state index contributed by atoms with van der Waals surface area (Å²) in [4.78, 5) is 86.5.